The fraction of sp³-hybridized carbons (Fsp3) is 0.400. The zero-order valence-electron chi connectivity index (χ0n) is 7.09. The Morgan fingerprint density at radius 1 is 1.33 bits per heavy atom. The Balaban J connectivity index is 2.28. The van der Waals surface area contributed by atoms with Crippen molar-refractivity contribution in [1.82, 2.24) is 5.32 Å². The van der Waals surface area contributed by atoms with Crippen molar-refractivity contribution < 1.29 is 0 Å². The van der Waals surface area contributed by atoms with Crippen molar-refractivity contribution >= 4 is 0 Å². The molecule has 0 aromatic heterocycles. The fourth-order valence-corrected chi connectivity index (χ4v) is 1.72. The van der Waals surface area contributed by atoms with Crippen LogP contribution in [0.25, 0.3) is 0 Å². The second-order valence-corrected chi connectivity index (χ2v) is 3.33. The SMILES string of the molecule is NCC1(c2ccccc2)CCN1. The van der Waals surface area contributed by atoms with Crippen molar-refractivity contribution in [1.29, 1.82) is 0 Å². The summed E-state index contributed by atoms with van der Waals surface area (Å²) in [5, 5.41) is 3.40. The molecule has 1 atom stereocenters. The number of rotatable bonds is 2. The molecule has 1 heterocycles. The average molecular weight is 162 g/mol. The lowest BCUT2D eigenvalue weighted by Crippen LogP contribution is -2.58. The van der Waals surface area contributed by atoms with E-state index in [0.717, 1.165) is 13.0 Å². The largest absolute Gasteiger partial charge is 0.328 e. The Hall–Kier alpha value is -0.860. The van der Waals surface area contributed by atoms with Gasteiger partial charge in [0.15, 0.2) is 0 Å². The molecule has 64 valence electrons. The summed E-state index contributed by atoms with van der Waals surface area (Å²) in [4.78, 5) is 0. The molecule has 0 aliphatic carbocycles. The minimum atomic E-state index is 0.0846. The third kappa shape index (κ3) is 1.04. The molecule has 0 amide bonds. The molecule has 12 heavy (non-hydrogen) atoms. The fourth-order valence-electron chi connectivity index (χ4n) is 1.72. The summed E-state index contributed by atoms with van der Waals surface area (Å²) in [6.45, 7) is 1.78. The lowest BCUT2D eigenvalue weighted by atomic mass is 9.81. The maximum atomic E-state index is 5.74. The van der Waals surface area contributed by atoms with Gasteiger partial charge in [0.2, 0.25) is 0 Å². The van der Waals surface area contributed by atoms with Crippen LogP contribution >= 0.6 is 0 Å². The standard InChI is InChI=1S/C10H14N2/c11-8-10(6-7-12-10)9-4-2-1-3-5-9/h1-5,12H,6-8,11H2. The van der Waals surface area contributed by atoms with Crippen molar-refractivity contribution in [2.75, 3.05) is 13.1 Å². The Bertz CT molecular complexity index is 246. The molecule has 3 N–H and O–H groups in total. The van der Waals surface area contributed by atoms with Gasteiger partial charge in [0.25, 0.3) is 0 Å². The van der Waals surface area contributed by atoms with Crippen LogP contribution in [0, 0.1) is 0 Å². The normalized spacial score (nSPS) is 28.1. The monoisotopic (exact) mass is 162 g/mol. The molecule has 0 spiro atoms. The van der Waals surface area contributed by atoms with Crippen LogP contribution in [0.1, 0.15) is 12.0 Å². The first-order valence-electron chi connectivity index (χ1n) is 4.38. The highest BCUT2D eigenvalue weighted by atomic mass is 15.1. The van der Waals surface area contributed by atoms with Crippen LogP contribution in [0.2, 0.25) is 0 Å². The molecular formula is C10H14N2. The lowest BCUT2D eigenvalue weighted by Gasteiger charge is -2.43. The van der Waals surface area contributed by atoms with E-state index in [1.54, 1.807) is 0 Å². The third-order valence-electron chi connectivity index (χ3n) is 2.69. The highest BCUT2D eigenvalue weighted by Crippen LogP contribution is 2.29. The number of nitrogens with two attached hydrogens (primary N) is 1. The summed E-state index contributed by atoms with van der Waals surface area (Å²) in [7, 11) is 0. The molecule has 2 rings (SSSR count). The van der Waals surface area contributed by atoms with Gasteiger partial charge in [-0.15, -0.1) is 0 Å². The van der Waals surface area contributed by atoms with Gasteiger partial charge in [-0.3, -0.25) is 0 Å². The minimum absolute atomic E-state index is 0.0846. The van der Waals surface area contributed by atoms with Gasteiger partial charge < -0.3 is 11.1 Å². The first-order chi connectivity index (χ1) is 5.87. The summed E-state index contributed by atoms with van der Waals surface area (Å²) in [5.41, 5.74) is 7.14. The van der Waals surface area contributed by atoms with E-state index in [-0.39, 0.29) is 5.54 Å². The molecule has 1 aromatic rings. The lowest BCUT2D eigenvalue weighted by molar-refractivity contribution is 0.219. The summed E-state index contributed by atoms with van der Waals surface area (Å²) < 4.78 is 0. The first kappa shape index (κ1) is 7.77. The van der Waals surface area contributed by atoms with Crippen molar-refractivity contribution in [3.63, 3.8) is 0 Å². The summed E-state index contributed by atoms with van der Waals surface area (Å²) >= 11 is 0. The molecular weight excluding hydrogens is 148 g/mol. The number of hydrogen-bond acceptors (Lipinski definition) is 2. The maximum Gasteiger partial charge on any atom is 0.0570 e. The molecule has 1 aliphatic rings. The quantitative estimate of drug-likeness (QED) is 0.676. The zero-order valence-corrected chi connectivity index (χ0v) is 7.09. The predicted octanol–water partition coefficient (Wildman–Crippen LogP) is 0.834. The number of nitrogens with one attached hydrogen (secondary N) is 1. The van der Waals surface area contributed by atoms with Crippen LogP contribution in [0.4, 0.5) is 0 Å². The van der Waals surface area contributed by atoms with Gasteiger partial charge in [0.05, 0.1) is 5.54 Å². The minimum Gasteiger partial charge on any atom is -0.328 e. The van der Waals surface area contributed by atoms with Crippen molar-refractivity contribution in [2.45, 2.75) is 12.0 Å². The van der Waals surface area contributed by atoms with E-state index in [0.29, 0.717) is 6.54 Å². The van der Waals surface area contributed by atoms with Gasteiger partial charge in [-0.1, -0.05) is 30.3 Å². The van der Waals surface area contributed by atoms with Gasteiger partial charge in [-0.05, 0) is 18.5 Å². The average Bonchev–Trinajstić information content (AvgIpc) is 2.05. The molecule has 1 saturated heterocycles. The summed E-state index contributed by atoms with van der Waals surface area (Å²) in [5.74, 6) is 0. The molecule has 1 unspecified atom stereocenters. The Morgan fingerprint density at radius 2 is 2.00 bits per heavy atom. The van der Waals surface area contributed by atoms with Crippen molar-refractivity contribution in [3.8, 4) is 0 Å². The summed E-state index contributed by atoms with van der Waals surface area (Å²) in [6.07, 6.45) is 1.16. The topological polar surface area (TPSA) is 38.0 Å². The molecule has 0 saturated carbocycles. The Labute approximate surface area is 72.8 Å². The van der Waals surface area contributed by atoms with Crippen LogP contribution in [0.3, 0.4) is 0 Å². The molecule has 1 fully saturated rings. The van der Waals surface area contributed by atoms with Crippen LogP contribution in [0.15, 0.2) is 30.3 Å². The Morgan fingerprint density at radius 3 is 2.42 bits per heavy atom. The highest BCUT2D eigenvalue weighted by Gasteiger charge is 2.36. The first-order valence-corrected chi connectivity index (χ1v) is 4.38. The van der Waals surface area contributed by atoms with E-state index < -0.39 is 0 Å². The molecule has 2 heteroatoms. The van der Waals surface area contributed by atoms with E-state index in [2.05, 4.69) is 29.6 Å². The number of hydrogen-bond donors (Lipinski definition) is 2. The Kier molecular flexibility index (Phi) is 1.87. The van der Waals surface area contributed by atoms with Crippen LogP contribution in [-0.2, 0) is 5.54 Å². The van der Waals surface area contributed by atoms with E-state index in [1.807, 2.05) is 6.07 Å². The van der Waals surface area contributed by atoms with Crippen LogP contribution in [-0.4, -0.2) is 13.1 Å². The van der Waals surface area contributed by atoms with E-state index in [1.165, 1.54) is 5.56 Å². The van der Waals surface area contributed by atoms with E-state index in [4.69, 9.17) is 5.73 Å². The predicted molar refractivity (Wildman–Crippen MR) is 49.8 cm³/mol. The van der Waals surface area contributed by atoms with E-state index in [9.17, 15) is 0 Å². The van der Waals surface area contributed by atoms with Gasteiger partial charge in [0.1, 0.15) is 0 Å². The maximum absolute atomic E-state index is 5.74. The second-order valence-electron chi connectivity index (χ2n) is 3.33. The number of benzene rings is 1. The molecule has 0 bridgehead atoms. The van der Waals surface area contributed by atoms with Crippen LogP contribution < -0.4 is 11.1 Å². The van der Waals surface area contributed by atoms with Crippen LogP contribution in [0.5, 0.6) is 0 Å². The molecule has 2 nitrogen and oxygen atoms in total. The van der Waals surface area contributed by atoms with Gasteiger partial charge in [-0.25, -0.2) is 0 Å². The molecule has 1 aliphatic heterocycles. The summed E-state index contributed by atoms with van der Waals surface area (Å²) in [6, 6.07) is 10.4. The van der Waals surface area contributed by atoms with Gasteiger partial charge in [-0.2, -0.15) is 0 Å². The van der Waals surface area contributed by atoms with Crippen molar-refractivity contribution in [2.24, 2.45) is 5.73 Å². The smallest absolute Gasteiger partial charge is 0.0570 e. The second kappa shape index (κ2) is 2.88. The van der Waals surface area contributed by atoms with Gasteiger partial charge >= 0.3 is 0 Å². The molecule has 1 aromatic carbocycles. The van der Waals surface area contributed by atoms with E-state index >= 15 is 0 Å². The highest BCUT2D eigenvalue weighted by molar-refractivity contribution is 5.27. The van der Waals surface area contributed by atoms with Crippen molar-refractivity contribution in [3.05, 3.63) is 35.9 Å². The third-order valence-corrected chi connectivity index (χ3v) is 2.69. The zero-order chi connectivity index (χ0) is 8.44. The van der Waals surface area contributed by atoms with Gasteiger partial charge in [0, 0.05) is 6.54 Å². The molecule has 0 radical (unpaired) electrons.